The molecule has 142 valence electrons. The van der Waals surface area contributed by atoms with E-state index < -0.39 is 27.3 Å². The largest absolute Gasteiger partial charge is 0.381 e. The molecule has 0 saturated carbocycles. The van der Waals surface area contributed by atoms with E-state index in [9.17, 15) is 18.0 Å². The van der Waals surface area contributed by atoms with E-state index >= 15 is 0 Å². The standard InChI is InChI=1S/C19H20N2O5S/c22-18(20-15-5-8-27(24,25)11-15)16-9-14-2-1-13(10-17(14)21-19(16)23)12-3-6-26-7-4-12/h1-2,5,8-10,12,15H,3-4,6-7,11H2,(H,20,22)(H,21,23)/t15-/m1/s1. The minimum atomic E-state index is -3.27. The minimum absolute atomic E-state index is 0.0287. The first kappa shape index (κ1) is 17.9. The van der Waals surface area contributed by atoms with Crippen LogP contribution in [0.3, 0.4) is 0 Å². The third kappa shape index (κ3) is 3.81. The van der Waals surface area contributed by atoms with Crippen LogP contribution >= 0.6 is 0 Å². The summed E-state index contributed by atoms with van der Waals surface area (Å²) in [6, 6.07) is 6.80. The van der Waals surface area contributed by atoms with E-state index in [2.05, 4.69) is 10.3 Å². The summed E-state index contributed by atoms with van der Waals surface area (Å²) in [6.45, 7) is 1.48. The molecule has 1 fully saturated rings. The van der Waals surface area contributed by atoms with E-state index in [0.717, 1.165) is 42.4 Å². The number of aromatic amines is 1. The molecule has 0 spiro atoms. The van der Waals surface area contributed by atoms with Crippen LogP contribution in [0.25, 0.3) is 10.9 Å². The van der Waals surface area contributed by atoms with Crippen molar-refractivity contribution in [2.24, 2.45) is 0 Å². The molecule has 2 aliphatic rings. The summed E-state index contributed by atoms with van der Waals surface area (Å²) < 4.78 is 28.3. The third-order valence-electron chi connectivity index (χ3n) is 5.05. The number of amides is 1. The zero-order chi connectivity index (χ0) is 19.0. The molecule has 0 radical (unpaired) electrons. The number of hydrogen-bond acceptors (Lipinski definition) is 5. The summed E-state index contributed by atoms with van der Waals surface area (Å²) in [5.41, 5.74) is 1.32. The first-order chi connectivity index (χ1) is 12.9. The molecule has 8 heteroatoms. The Hall–Kier alpha value is -2.45. The summed E-state index contributed by atoms with van der Waals surface area (Å²) in [7, 11) is -3.27. The van der Waals surface area contributed by atoms with Crippen molar-refractivity contribution in [1.29, 1.82) is 0 Å². The van der Waals surface area contributed by atoms with Gasteiger partial charge < -0.3 is 15.0 Å². The number of ether oxygens (including phenoxy) is 1. The lowest BCUT2D eigenvalue weighted by atomic mass is 9.91. The molecular weight excluding hydrogens is 368 g/mol. The monoisotopic (exact) mass is 388 g/mol. The van der Waals surface area contributed by atoms with Crippen molar-refractivity contribution in [3.05, 3.63) is 57.2 Å². The number of sulfone groups is 1. The van der Waals surface area contributed by atoms with Gasteiger partial charge >= 0.3 is 0 Å². The van der Waals surface area contributed by atoms with Crippen LogP contribution in [-0.2, 0) is 14.6 Å². The van der Waals surface area contributed by atoms with Gasteiger partial charge in [-0.05, 0) is 47.9 Å². The highest BCUT2D eigenvalue weighted by atomic mass is 32.2. The van der Waals surface area contributed by atoms with Crippen LogP contribution in [0.5, 0.6) is 0 Å². The first-order valence-corrected chi connectivity index (χ1v) is 10.6. The zero-order valence-corrected chi connectivity index (χ0v) is 15.4. The van der Waals surface area contributed by atoms with Crippen LogP contribution < -0.4 is 10.9 Å². The minimum Gasteiger partial charge on any atom is -0.381 e. The molecule has 4 rings (SSSR count). The fourth-order valence-electron chi connectivity index (χ4n) is 3.58. The topological polar surface area (TPSA) is 105 Å². The van der Waals surface area contributed by atoms with E-state index in [1.54, 1.807) is 6.07 Å². The highest BCUT2D eigenvalue weighted by Gasteiger charge is 2.24. The highest BCUT2D eigenvalue weighted by Crippen LogP contribution is 2.28. The molecule has 3 heterocycles. The molecule has 2 N–H and O–H groups in total. The molecule has 0 unspecified atom stereocenters. The number of pyridine rings is 1. The Kier molecular flexibility index (Phi) is 4.61. The van der Waals surface area contributed by atoms with E-state index in [1.807, 2.05) is 18.2 Å². The SMILES string of the molecule is O=C(N[C@@H]1C=CS(=O)(=O)C1)c1cc2ccc(C3CCOCC3)cc2[nH]c1=O. The predicted molar refractivity (Wildman–Crippen MR) is 102 cm³/mol. The van der Waals surface area contributed by atoms with Gasteiger partial charge in [0.05, 0.1) is 11.8 Å². The molecule has 0 aliphatic carbocycles. The number of carbonyl (C=O) groups excluding carboxylic acids is 1. The van der Waals surface area contributed by atoms with Gasteiger partial charge in [-0.15, -0.1) is 0 Å². The second-order valence-corrected chi connectivity index (χ2v) is 8.91. The van der Waals surface area contributed by atoms with Crippen LogP contribution in [0.15, 0.2) is 40.5 Å². The second kappa shape index (κ2) is 6.94. The molecule has 1 amide bonds. The molecular formula is C19H20N2O5S. The van der Waals surface area contributed by atoms with Gasteiger partial charge in [-0.25, -0.2) is 8.42 Å². The van der Waals surface area contributed by atoms with Gasteiger partial charge in [0.25, 0.3) is 11.5 Å². The van der Waals surface area contributed by atoms with E-state index in [-0.39, 0.29) is 11.3 Å². The summed E-state index contributed by atoms with van der Waals surface area (Å²) in [5, 5.41) is 4.42. The Morgan fingerprint density at radius 2 is 1.96 bits per heavy atom. The van der Waals surface area contributed by atoms with Crippen molar-refractivity contribution in [3.8, 4) is 0 Å². The molecule has 1 atom stereocenters. The maximum atomic E-state index is 12.4. The number of fused-ring (bicyclic) bond motifs is 1. The van der Waals surface area contributed by atoms with E-state index in [0.29, 0.717) is 11.4 Å². The van der Waals surface area contributed by atoms with Gasteiger partial charge in [-0.2, -0.15) is 0 Å². The number of rotatable bonds is 3. The van der Waals surface area contributed by atoms with Crippen LogP contribution in [0.1, 0.15) is 34.7 Å². The summed E-state index contributed by atoms with van der Waals surface area (Å²) in [6.07, 6.45) is 3.32. The number of benzene rings is 1. The van der Waals surface area contributed by atoms with E-state index in [4.69, 9.17) is 4.74 Å². The van der Waals surface area contributed by atoms with E-state index in [1.165, 1.54) is 6.08 Å². The maximum absolute atomic E-state index is 12.4. The Bertz CT molecular complexity index is 1080. The summed E-state index contributed by atoms with van der Waals surface area (Å²) >= 11 is 0. The molecule has 7 nitrogen and oxygen atoms in total. The lowest BCUT2D eigenvalue weighted by Gasteiger charge is -2.22. The lowest BCUT2D eigenvalue weighted by molar-refractivity contribution is 0.0853. The average Bonchev–Trinajstić information content (AvgIpc) is 2.99. The fraction of sp³-hybridized carbons (Fsp3) is 0.368. The number of nitrogens with one attached hydrogen (secondary N) is 2. The molecule has 27 heavy (non-hydrogen) atoms. The van der Waals surface area contributed by atoms with Gasteiger partial charge in [0, 0.05) is 24.1 Å². The zero-order valence-electron chi connectivity index (χ0n) is 14.6. The predicted octanol–water partition coefficient (Wildman–Crippen LogP) is 1.46. The summed E-state index contributed by atoms with van der Waals surface area (Å²) in [5.74, 6) is -0.359. The van der Waals surface area contributed by atoms with Crippen LogP contribution in [0.4, 0.5) is 0 Å². The Labute approximate surface area is 156 Å². The molecule has 2 aliphatic heterocycles. The molecule has 1 aromatic carbocycles. The van der Waals surface area contributed by atoms with Crippen molar-refractivity contribution in [2.45, 2.75) is 24.8 Å². The Morgan fingerprint density at radius 3 is 2.67 bits per heavy atom. The fourth-order valence-corrected chi connectivity index (χ4v) is 4.82. The van der Waals surface area contributed by atoms with Crippen molar-refractivity contribution in [2.75, 3.05) is 19.0 Å². The van der Waals surface area contributed by atoms with Gasteiger partial charge in [0.15, 0.2) is 9.84 Å². The lowest BCUT2D eigenvalue weighted by Crippen LogP contribution is -2.38. The number of carbonyl (C=O) groups is 1. The van der Waals surface area contributed by atoms with Crippen molar-refractivity contribution >= 4 is 26.6 Å². The van der Waals surface area contributed by atoms with Gasteiger partial charge in [0.2, 0.25) is 0 Å². The molecule has 0 bridgehead atoms. The van der Waals surface area contributed by atoms with Crippen molar-refractivity contribution < 1.29 is 17.9 Å². The third-order valence-corrected chi connectivity index (χ3v) is 6.45. The number of H-pyrrole nitrogens is 1. The van der Waals surface area contributed by atoms with Crippen molar-refractivity contribution in [1.82, 2.24) is 10.3 Å². The Balaban J connectivity index is 1.59. The normalized spacial score (nSPS) is 22.1. The maximum Gasteiger partial charge on any atom is 0.261 e. The average molecular weight is 388 g/mol. The summed E-state index contributed by atoms with van der Waals surface area (Å²) in [4.78, 5) is 27.6. The number of hydrogen-bond donors (Lipinski definition) is 2. The molecule has 2 aromatic rings. The van der Waals surface area contributed by atoms with Crippen LogP contribution in [-0.4, -0.2) is 44.3 Å². The van der Waals surface area contributed by atoms with Gasteiger partial charge in [-0.1, -0.05) is 12.1 Å². The van der Waals surface area contributed by atoms with Crippen molar-refractivity contribution in [3.63, 3.8) is 0 Å². The molecule has 1 saturated heterocycles. The van der Waals surface area contributed by atoms with Crippen LogP contribution in [0.2, 0.25) is 0 Å². The quantitative estimate of drug-likeness (QED) is 0.828. The van der Waals surface area contributed by atoms with Crippen LogP contribution in [0, 0.1) is 0 Å². The molecule has 1 aromatic heterocycles. The van der Waals surface area contributed by atoms with Gasteiger partial charge in [-0.3, -0.25) is 9.59 Å². The first-order valence-electron chi connectivity index (χ1n) is 8.88. The number of aromatic nitrogens is 1. The highest BCUT2D eigenvalue weighted by molar-refractivity contribution is 7.94. The second-order valence-electron chi connectivity index (χ2n) is 6.98. The Morgan fingerprint density at radius 1 is 1.19 bits per heavy atom. The van der Waals surface area contributed by atoms with Gasteiger partial charge in [0.1, 0.15) is 5.56 Å². The smallest absolute Gasteiger partial charge is 0.261 e.